The Bertz CT molecular complexity index is 553. The molecule has 1 aromatic heterocycles. The lowest BCUT2D eigenvalue weighted by Gasteiger charge is -2.07. The topological polar surface area (TPSA) is 65.2 Å². The van der Waals surface area contributed by atoms with E-state index in [9.17, 15) is 4.79 Å². The van der Waals surface area contributed by atoms with Crippen LogP contribution in [0.5, 0.6) is 0 Å². The molecule has 0 bridgehead atoms. The second kappa shape index (κ2) is 5.31. The maximum atomic E-state index is 11.5. The number of pyridine rings is 1. The van der Waals surface area contributed by atoms with E-state index in [4.69, 9.17) is 10.5 Å². The number of nitrogens with zero attached hydrogens (tertiary/aromatic N) is 1. The van der Waals surface area contributed by atoms with Crippen molar-refractivity contribution in [3.8, 4) is 11.3 Å². The quantitative estimate of drug-likeness (QED) is 0.840. The fraction of sp³-hybridized carbons (Fsp3) is 0.143. The minimum Gasteiger partial charge on any atom is -0.462 e. The highest BCUT2D eigenvalue weighted by atomic mass is 16.5. The lowest BCUT2D eigenvalue weighted by Crippen LogP contribution is -2.06. The average Bonchev–Trinajstić information content (AvgIpc) is 2.40. The number of hydrogen-bond acceptors (Lipinski definition) is 4. The molecule has 1 aromatic carbocycles. The van der Waals surface area contributed by atoms with Crippen LogP contribution >= 0.6 is 0 Å². The molecule has 0 spiro atoms. The number of nitrogens with two attached hydrogens (primary N) is 1. The van der Waals surface area contributed by atoms with Gasteiger partial charge in [-0.15, -0.1) is 0 Å². The first-order chi connectivity index (χ1) is 8.72. The Labute approximate surface area is 105 Å². The highest BCUT2D eigenvalue weighted by Crippen LogP contribution is 2.23. The molecule has 0 aliphatic carbocycles. The molecule has 4 heteroatoms. The van der Waals surface area contributed by atoms with Gasteiger partial charge in [-0.1, -0.05) is 30.3 Å². The second-order valence-electron chi connectivity index (χ2n) is 3.75. The molecule has 2 rings (SSSR count). The van der Waals surface area contributed by atoms with Crippen molar-refractivity contribution in [2.24, 2.45) is 0 Å². The van der Waals surface area contributed by atoms with E-state index < -0.39 is 5.97 Å². The van der Waals surface area contributed by atoms with Crippen LogP contribution in [-0.4, -0.2) is 17.6 Å². The molecule has 0 saturated heterocycles. The van der Waals surface area contributed by atoms with Gasteiger partial charge in [-0.3, -0.25) is 4.98 Å². The van der Waals surface area contributed by atoms with Gasteiger partial charge in [0.25, 0.3) is 0 Å². The summed E-state index contributed by atoms with van der Waals surface area (Å²) in [5, 5.41) is 0. The third-order valence-electron chi connectivity index (χ3n) is 2.48. The van der Waals surface area contributed by atoms with Gasteiger partial charge in [-0.05, 0) is 13.0 Å². The number of ether oxygens (including phenoxy) is 1. The summed E-state index contributed by atoms with van der Waals surface area (Å²) in [4.78, 5) is 15.8. The van der Waals surface area contributed by atoms with Crippen molar-refractivity contribution in [2.45, 2.75) is 6.92 Å². The molecule has 0 unspecified atom stereocenters. The molecule has 92 valence electrons. The zero-order valence-corrected chi connectivity index (χ0v) is 10.1. The second-order valence-corrected chi connectivity index (χ2v) is 3.75. The molecule has 0 radical (unpaired) electrons. The Morgan fingerprint density at radius 3 is 2.67 bits per heavy atom. The Morgan fingerprint density at radius 1 is 1.33 bits per heavy atom. The minimum atomic E-state index is -0.406. The molecule has 0 fully saturated rings. The monoisotopic (exact) mass is 242 g/mol. The molecule has 2 N–H and O–H groups in total. The van der Waals surface area contributed by atoms with Crippen LogP contribution in [0.3, 0.4) is 0 Å². The number of rotatable bonds is 3. The molecule has 4 nitrogen and oxygen atoms in total. The summed E-state index contributed by atoms with van der Waals surface area (Å²) < 4.78 is 4.89. The Hall–Kier alpha value is -2.36. The number of hydrogen-bond donors (Lipinski definition) is 1. The molecule has 18 heavy (non-hydrogen) atoms. The summed E-state index contributed by atoms with van der Waals surface area (Å²) >= 11 is 0. The normalized spacial score (nSPS) is 10.1. The summed E-state index contributed by atoms with van der Waals surface area (Å²) in [5.41, 5.74) is 8.34. The number of benzene rings is 1. The Kier molecular flexibility index (Phi) is 3.57. The first kappa shape index (κ1) is 12.1. The van der Waals surface area contributed by atoms with Crippen LogP contribution in [0.4, 0.5) is 5.69 Å². The number of nitrogen functional groups attached to an aromatic ring is 1. The molecular weight excluding hydrogens is 228 g/mol. The van der Waals surface area contributed by atoms with E-state index in [1.54, 1.807) is 13.0 Å². The van der Waals surface area contributed by atoms with Crippen molar-refractivity contribution in [3.05, 3.63) is 48.2 Å². The number of carbonyl (C=O) groups excluding carboxylic acids is 1. The van der Waals surface area contributed by atoms with E-state index in [1.807, 2.05) is 30.3 Å². The SMILES string of the molecule is CCOC(=O)c1cnc(-c2ccccc2)c(N)c1. The third-order valence-corrected chi connectivity index (χ3v) is 2.48. The Balaban J connectivity index is 2.34. The molecule has 0 aliphatic rings. The first-order valence-electron chi connectivity index (χ1n) is 5.70. The third kappa shape index (κ3) is 2.48. The van der Waals surface area contributed by atoms with Crippen LogP contribution in [0, 0.1) is 0 Å². The van der Waals surface area contributed by atoms with Crippen LogP contribution in [0.1, 0.15) is 17.3 Å². The molecule has 1 heterocycles. The van der Waals surface area contributed by atoms with Crippen molar-refractivity contribution in [1.29, 1.82) is 0 Å². The van der Waals surface area contributed by atoms with Gasteiger partial charge >= 0.3 is 5.97 Å². The van der Waals surface area contributed by atoms with Gasteiger partial charge in [0, 0.05) is 11.8 Å². The fourth-order valence-corrected chi connectivity index (χ4v) is 1.65. The highest BCUT2D eigenvalue weighted by molar-refractivity contribution is 5.91. The maximum absolute atomic E-state index is 11.5. The molecular formula is C14H14N2O2. The van der Waals surface area contributed by atoms with Gasteiger partial charge in [0.15, 0.2) is 0 Å². The Morgan fingerprint density at radius 2 is 2.06 bits per heavy atom. The van der Waals surface area contributed by atoms with Crippen molar-refractivity contribution in [2.75, 3.05) is 12.3 Å². The lowest BCUT2D eigenvalue weighted by atomic mass is 10.1. The maximum Gasteiger partial charge on any atom is 0.339 e. The van der Waals surface area contributed by atoms with E-state index in [2.05, 4.69) is 4.98 Å². The zero-order chi connectivity index (χ0) is 13.0. The van der Waals surface area contributed by atoms with Crippen LogP contribution in [0.2, 0.25) is 0 Å². The highest BCUT2D eigenvalue weighted by Gasteiger charge is 2.10. The fourth-order valence-electron chi connectivity index (χ4n) is 1.65. The molecule has 0 saturated carbocycles. The van der Waals surface area contributed by atoms with Crippen LogP contribution in [-0.2, 0) is 4.74 Å². The van der Waals surface area contributed by atoms with E-state index in [1.165, 1.54) is 6.20 Å². The van der Waals surface area contributed by atoms with Crippen LogP contribution in [0.25, 0.3) is 11.3 Å². The van der Waals surface area contributed by atoms with Crippen molar-refractivity contribution >= 4 is 11.7 Å². The minimum absolute atomic E-state index is 0.333. The molecule has 0 amide bonds. The molecule has 2 aromatic rings. The summed E-state index contributed by atoms with van der Waals surface area (Å²) in [6.07, 6.45) is 1.48. The predicted molar refractivity (Wildman–Crippen MR) is 70.0 cm³/mol. The summed E-state index contributed by atoms with van der Waals surface area (Å²) in [5.74, 6) is -0.406. The first-order valence-corrected chi connectivity index (χ1v) is 5.70. The van der Waals surface area contributed by atoms with Crippen LogP contribution in [0.15, 0.2) is 42.6 Å². The van der Waals surface area contributed by atoms with Gasteiger partial charge < -0.3 is 10.5 Å². The summed E-state index contributed by atoms with van der Waals surface area (Å²) in [7, 11) is 0. The van der Waals surface area contributed by atoms with E-state index in [0.29, 0.717) is 23.6 Å². The van der Waals surface area contributed by atoms with Gasteiger partial charge in [0.1, 0.15) is 0 Å². The van der Waals surface area contributed by atoms with Gasteiger partial charge in [0.05, 0.1) is 23.6 Å². The zero-order valence-electron chi connectivity index (χ0n) is 10.1. The largest absolute Gasteiger partial charge is 0.462 e. The smallest absolute Gasteiger partial charge is 0.339 e. The van der Waals surface area contributed by atoms with Crippen molar-refractivity contribution < 1.29 is 9.53 Å². The standard InChI is InChI=1S/C14H14N2O2/c1-2-18-14(17)11-8-12(15)13(16-9-11)10-6-4-3-5-7-10/h3-9H,2,15H2,1H3. The lowest BCUT2D eigenvalue weighted by molar-refractivity contribution is 0.0526. The average molecular weight is 242 g/mol. The van der Waals surface area contributed by atoms with Crippen molar-refractivity contribution in [1.82, 2.24) is 4.98 Å². The van der Waals surface area contributed by atoms with E-state index in [0.717, 1.165) is 5.56 Å². The number of esters is 1. The van der Waals surface area contributed by atoms with Crippen molar-refractivity contribution in [3.63, 3.8) is 0 Å². The number of anilines is 1. The van der Waals surface area contributed by atoms with Crippen LogP contribution < -0.4 is 5.73 Å². The van der Waals surface area contributed by atoms with E-state index >= 15 is 0 Å². The van der Waals surface area contributed by atoms with E-state index in [-0.39, 0.29) is 0 Å². The van der Waals surface area contributed by atoms with Gasteiger partial charge in [-0.2, -0.15) is 0 Å². The number of aromatic nitrogens is 1. The predicted octanol–water partition coefficient (Wildman–Crippen LogP) is 2.51. The molecule has 0 atom stereocenters. The summed E-state index contributed by atoms with van der Waals surface area (Å²) in [6.45, 7) is 2.09. The van der Waals surface area contributed by atoms with Gasteiger partial charge in [-0.25, -0.2) is 4.79 Å². The van der Waals surface area contributed by atoms with Gasteiger partial charge in [0.2, 0.25) is 0 Å². The number of carbonyl (C=O) groups is 1. The summed E-state index contributed by atoms with van der Waals surface area (Å²) in [6, 6.07) is 11.2. The molecule has 0 aliphatic heterocycles.